The first kappa shape index (κ1) is 18.7. The van der Waals surface area contributed by atoms with E-state index >= 15 is 0 Å². The zero-order valence-electron chi connectivity index (χ0n) is 13.5. The van der Waals surface area contributed by atoms with Gasteiger partial charge in [0.15, 0.2) is 0 Å². The van der Waals surface area contributed by atoms with Gasteiger partial charge in [0.05, 0.1) is 12.6 Å². The molecule has 2 aliphatic heterocycles. The second kappa shape index (κ2) is 7.97. The largest absolute Gasteiger partial charge is 0.348 e. The van der Waals surface area contributed by atoms with Crippen LogP contribution in [-0.2, 0) is 4.79 Å². The van der Waals surface area contributed by atoms with Gasteiger partial charge in [0.1, 0.15) is 0 Å². The first-order chi connectivity index (χ1) is 10.6. The molecule has 0 radical (unpaired) electrons. The van der Waals surface area contributed by atoms with Crippen molar-refractivity contribution in [1.29, 1.82) is 0 Å². The van der Waals surface area contributed by atoms with Crippen molar-refractivity contribution in [3.8, 4) is 0 Å². The molecule has 2 aliphatic rings. The van der Waals surface area contributed by atoms with E-state index in [1.54, 1.807) is 0 Å². The van der Waals surface area contributed by atoms with E-state index < -0.39 is 0 Å². The highest BCUT2D eigenvalue weighted by Gasteiger charge is 2.40. The SMILES string of the molecule is CC(NC(=O)CN1CCC2(CCNC2)C1)c1ccc(Br)cc1.Cl. The fraction of sp³-hybridized carbons (Fsp3) is 0.588. The molecule has 23 heavy (non-hydrogen) atoms. The smallest absolute Gasteiger partial charge is 0.234 e. The second-order valence-electron chi connectivity index (χ2n) is 6.73. The molecule has 128 valence electrons. The maximum Gasteiger partial charge on any atom is 0.234 e. The van der Waals surface area contributed by atoms with Crippen LogP contribution >= 0.6 is 28.3 Å². The summed E-state index contributed by atoms with van der Waals surface area (Å²) in [5.74, 6) is 0.124. The molecule has 0 bridgehead atoms. The highest BCUT2D eigenvalue weighted by molar-refractivity contribution is 9.10. The number of amides is 1. The number of nitrogens with one attached hydrogen (secondary N) is 2. The maximum absolute atomic E-state index is 12.3. The van der Waals surface area contributed by atoms with Crippen molar-refractivity contribution in [2.45, 2.75) is 25.8 Å². The molecule has 1 amide bonds. The molecule has 3 rings (SSSR count). The van der Waals surface area contributed by atoms with Crippen molar-refractivity contribution in [3.63, 3.8) is 0 Å². The number of benzene rings is 1. The number of rotatable bonds is 4. The summed E-state index contributed by atoms with van der Waals surface area (Å²) in [5, 5.41) is 6.57. The molecule has 1 aromatic carbocycles. The number of carbonyl (C=O) groups excluding carboxylic acids is 1. The van der Waals surface area contributed by atoms with Crippen LogP contribution in [0.15, 0.2) is 28.7 Å². The van der Waals surface area contributed by atoms with Crippen molar-refractivity contribution in [2.75, 3.05) is 32.7 Å². The molecule has 1 aromatic rings. The van der Waals surface area contributed by atoms with E-state index in [2.05, 4.69) is 31.5 Å². The minimum absolute atomic E-state index is 0. The van der Waals surface area contributed by atoms with Crippen molar-refractivity contribution >= 4 is 34.2 Å². The molecule has 2 atom stereocenters. The second-order valence-corrected chi connectivity index (χ2v) is 7.64. The summed E-state index contributed by atoms with van der Waals surface area (Å²) in [6.45, 7) is 6.89. The third-order valence-corrected chi connectivity index (χ3v) is 5.49. The van der Waals surface area contributed by atoms with Crippen LogP contribution in [0.25, 0.3) is 0 Å². The van der Waals surface area contributed by atoms with Crippen LogP contribution in [0.2, 0.25) is 0 Å². The number of hydrogen-bond donors (Lipinski definition) is 2. The van der Waals surface area contributed by atoms with Gasteiger partial charge in [-0.05, 0) is 56.0 Å². The standard InChI is InChI=1S/C17H24BrN3O.ClH/c1-13(14-2-4-15(18)5-3-14)20-16(22)10-21-9-7-17(12-21)6-8-19-11-17;/h2-5,13,19H,6-12H2,1H3,(H,20,22);1H. The molecule has 6 heteroatoms. The molecule has 2 saturated heterocycles. The zero-order chi connectivity index (χ0) is 15.6. The fourth-order valence-corrected chi connectivity index (χ4v) is 3.90. The number of nitrogens with zero attached hydrogens (tertiary/aromatic N) is 1. The Kier molecular flexibility index (Phi) is 6.48. The third-order valence-electron chi connectivity index (χ3n) is 4.96. The summed E-state index contributed by atoms with van der Waals surface area (Å²) in [6.07, 6.45) is 2.47. The summed E-state index contributed by atoms with van der Waals surface area (Å²) in [7, 11) is 0. The van der Waals surface area contributed by atoms with E-state index in [0.29, 0.717) is 12.0 Å². The Hall–Kier alpha value is -0.620. The summed E-state index contributed by atoms with van der Waals surface area (Å²) >= 11 is 3.43. The number of hydrogen-bond acceptors (Lipinski definition) is 3. The van der Waals surface area contributed by atoms with E-state index in [-0.39, 0.29) is 24.4 Å². The summed E-state index contributed by atoms with van der Waals surface area (Å²) < 4.78 is 1.06. The Bertz CT molecular complexity index is 531. The minimum Gasteiger partial charge on any atom is -0.348 e. The van der Waals surface area contributed by atoms with Gasteiger partial charge in [-0.2, -0.15) is 0 Å². The Morgan fingerprint density at radius 3 is 2.78 bits per heavy atom. The lowest BCUT2D eigenvalue weighted by Gasteiger charge is -2.23. The zero-order valence-corrected chi connectivity index (χ0v) is 15.9. The third kappa shape index (κ3) is 4.69. The van der Waals surface area contributed by atoms with Crippen LogP contribution in [0.3, 0.4) is 0 Å². The van der Waals surface area contributed by atoms with Crippen LogP contribution in [0, 0.1) is 5.41 Å². The first-order valence-electron chi connectivity index (χ1n) is 8.04. The van der Waals surface area contributed by atoms with Crippen molar-refractivity contribution in [2.24, 2.45) is 5.41 Å². The predicted molar refractivity (Wildman–Crippen MR) is 98.9 cm³/mol. The number of halogens is 2. The molecule has 2 fully saturated rings. The van der Waals surface area contributed by atoms with Crippen molar-refractivity contribution < 1.29 is 4.79 Å². The average Bonchev–Trinajstić information content (AvgIpc) is 3.10. The van der Waals surface area contributed by atoms with Gasteiger partial charge in [-0.15, -0.1) is 12.4 Å². The topological polar surface area (TPSA) is 44.4 Å². The first-order valence-corrected chi connectivity index (χ1v) is 8.84. The lowest BCUT2D eigenvalue weighted by Crippen LogP contribution is -2.38. The summed E-state index contributed by atoms with van der Waals surface area (Å²) in [5.41, 5.74) is 1.56. The Balaban J connectivity index is 0.00000192. The molecular weight excluding hydrogens is 378 g/mol. The highest BCUT2D eigenvalue weighted by atomic mass is 79.9. The number of carbonyl (C=O) groups is 1. The summed E-state index contributed by atoms with van der Waals surface area (Å²) in [4.78, 5) is 14.6. The van der Waals surface area contributed by atoms with E-state index in [0.717, 1.165) is 36.2 Å². The van der Waals surface area contributed by atoms with E-state index in [4.69, 9.17) is 0 Å². The van der Waals surface area contributed by atoms with Crippen molar-refractivity contribution in [1.82, 2.24) is 15.5 Å². The normalized spacial score (nSPS) is 25.3. The van der Waals surface area contributed by atoms with Crippen LogP contribution in [0.5, 0.6) is 0 Å². The van der Waals surface area contributed by atoms with Crippen molar-refractivity contribution in [3.05, 3.63) is 34.3 Å². The van der Waals surface area contributed by atoms with Gasteiger partial charge in [0.25, 0.3) is 0 Å². The Labute approximate surface area is 152 Å². The lowest BCUT2D eigenvalue weighted by atomic mass is 9.87. The molecule has 0 aliphatic carbocycles. The molecular formula is C17H25BrClN3O. The van der Waals surface area contributed by atoms with Crippen LogP contribution in [0.1, 0.15) is 31.4 Å². The molecule has 4 nitrogen and oxygen atoms in total. The number of likely N-dealkylation sites (tertiary alicyclic amines) is 1. The van der Waals surface area contributed by atoms with Gasteiger partial charge in [0.2, 0.25) is 5.91 Å². The Morgan fingerprint density at radius 1 is 1.39 bits per heavy atom. The van der Waals surface area contributed by atoms with E-state index in [1.807, 2.05) is 31.2 Å². The molecule has 0 saturated carbocycles. The molecule has 2 N–H and O–H groups in total. The van der Waals surface area contributed by atoms with Crippen LogP contribution < -0.4 is 10.6 Å². The lowest BCUT2D eigenvalue weighted by molar-refractivity contribution is -0.122. The van der Waals surface area contributed by atoms with Gasteiger partial charge in [-0.3, -0.25) is 9.69 Å². The highest BCUT2D eigenvalue weighted by Crippen LogP contribution is 2.35. The van der Waals surface area contributed by atoms with Gasteiger partial charge < -0.3 is 10.6 Å². The Morgan fingerprint density at radius 2 is 2.13 bits per heavy atom. The average molecular weight is 403 g/mol. The summed E-state index contributed by atoms with van der Waals surface area (Å²) in [6, 6.07) is 8.16. The molecule has 2 heterocycles. The van der Waals surface area contributed by atoms with E-state index in [9.17, 15) is 4.79 Å². The quantitative estimate of drug-likeness (QED) is 0.814. The molecule has 0 aromatic heterocycles. The maximum atomic E-state index is 12.3. The minimum atomic E-state index is 0. The van der Waals surface area contributed by atoms with Crippen LogP contribution in [-0.4, -0.2) is 43.5 Å². The van der Waals surface area contributed by atoms with E-state index in [1.165, 1.54) is 12.8 Å². The van der Waals surface area contributed by atoms with Gasteiger partial charge in [0, 0.05) is 17.6 Å². The van der Waals surface area contributed by atoms with Gasteiger partial charge >= 0.3 is 0 Å². The predicted octanol–water partition coefficient (Wildman–Crippen LogP) is 2.73. The molecule has 2 unspecified atom stereocenters. The van der Waals surface area contributed by atoms with Gasteiger partial charge in [-0.1, -0.05) is 28.1 Å². The van der Waals surface area contributed by atoms with Crippen LogP contribution in [0.4, 0.5) is 0 Å². The van der Waals surface area contributed by atoms with Gasteiger partial charge in [-0.25, -0.2) is 0 Å². The fourth-order valence-electron chi connectivity index (χ4n) is 3.63. The monoisotopic (exact) mass is 401 g/mol. The molecule has 1 spiro atoms.